The molecule has 0 spiro atoms. The van der Waals surface area contributed by atoms with Gasteiger partial charge in [-0.25, -0.2) is 4.98 Å². The van der Waals surface area contributed by atoms with Crippen LogP contribution >= 0.6 is 15.9 Å². The highest BCUT2D eigenvalue weighted by Crippen LogP contribution is 2.23. The van der Waals surface area contributed by atoms with Crippen molar-refractivity contribution in [2.24, 2.45) is 0 Å². The monoisotopic (exact) mass is 307 g/mol. The maximum Gasteiger partial charge on any atom is 0.258 e. The van der Waals surface area contributed by atoms with Gasteiger partial charge in [0.15, 0.2) is 0 Å². The lowest BCUT2D eigenvalue weighted by atomic mass is 10.1. The van der Waals surface area contributed by atoms with E-state index in [4.69, 9.17) is 5.73 Å². The second-order valence-electron chi connectivity index (χ2n) is 3.59. The van der Waals surface area contributed by atoms with Crippen LogP contribution in [0, 0.1) is 6.92 Å². The van der Waals surface area contributed by atoms with Crippen molar-refractivity contribution < 1.29 is 4.79 Å². The average Bonchev–Trinajstić information content (AvgIpc) is 2.35. The molecule has 0 aliphatic rings. The smallest absolute Gasteiger partial charge is 0.258 e. The fourth-order valence-corrected chi connectivity index (χ4v) is 1.89. The van der Waals surface area contributed by atoms with Gasteiger partial charge in [0.05, 0.1) is 12.4 Å². The molecule has 0 saturated heterocycles. The number of carbonyl (C=O) groups is 1. The van der Waals surface area contributed by atoms with Gasteiger partial charge in [-0.2, -0.15) is 5.10 Å². The van der Waals surface area contributed by atoms with E-state index in [1.54, 1.807) is 19.1 Å². The third-order valence-corrected chi connectivity index (χ3v) is 2.82. The van der Waals surface area contributed by atoms with E-state index in [0.717, 1.165) is 4.47 Å². The number of nitrogens with one attached hydrogen (secondary N) is 1. The first-order chi connectivity index (χ1) is 8.58. The Kier molecular flexibility index (Phi) is 3.52. The number of nitrogens with two attached hydrogens (primary N) is 1. The van der Waals surface area contributed by atoms with Crippen LogP contribution in [-0.4, -0.2) is 21.1 Å². The van der Waals surface area contributed by atoms with Gasteiger partial charge in [0.25, 0.3) is 5.91 Å². The summed E-state index contributed by atoms with van der Waals surface area (Å²) in [4.78, 5) is 15.9. The van der Waals surface area contributed by atoms with Crippen LogP contribution in [0.5, 0.6) is 0 Å². The van der Waals surface area contributed by atoms with E-state index in [2.05, 4.69) is 36.4 Å². The van der Waals surface area contributed by atoms with Gasteiger partial charge in [0, 0.05) is 15.7 Å². The Morgan fingerprint density at radius 2 is 2.17 bits per heavy atom. The molecule has 1 aromatic carbocycles. The molecule has 0 saturated carbocycles. The maximum atomic E-state index is 12.0. The second-order valence-corrected chi connectivity index (χ2v) is 4.50. The minimum Gasteiger partial charge on any atom is -0.398 e. The first-order valence-electron chi connectivity index (χ1n) is 5.08. The third-order valence-electron chi connectivity index (χ3n) is 2.37. The van der Waals surface area contributed by atoms with E-state index < -0.39 is 0 Å². The summed E-state index contributed by atoms with van der Waals surface area (Å²) in [5, 5.41) is 9.86. The van der Waals surface area contributed by atoms with Crippen LogP contribution in [0.1, 0.15) is 15.9 Å². The van der Waals surface area contributed by atoms with Crippen LogP contribution in [0.4, 0.5) is 11.6 Å². The van der Waals surface area contributed by atoms with Crippen LogP contribution in [0.2, 0.25) is 0 Å². The SMILES string of the molecule is Cc1c(N)cc(Br)cc1C(=O)Nc1nccnn1. The highest BCUT2D eigenvalue weighted by atomic mass is 79.9. The predicted molar refractivity (Wildman–Crippen MR) is 71.1 cm³/mol. The standard InChI is InChI=1S/C11H10BrN5O/c1-6-8(4-7(12)5-9(6)13)10(18)16-11-14-2-3-15-17-11/h2-5H,13H2,1H3,(H,14,16,17,18). The number of benzene rings is 1. The third kappa shape index (κ3) is 2.62. The number of anilines is 2. The van der Waals surface area contributed by atoms with Gasteiger partial charge in [0.2, 0.25) is 5.95 Å². The van der Waals surface area contributed by atoms with Crippen molar-refractivity contribution >= 4 is 33.5 Å². The molecule has 2 aromatic rings. The normalized spacial score (nSPS) is 10.1. The zero-order valence-electron chi connectivity index (χ0n) is 9.51. The van der Waals surface area contributed by atoms with Gasteiger partial charge in [-0.3, -0.25) is 10.1 Å². The summed E-state index contributed by atoms with van der Waals surface area (Å²) in [6, 6.07) is 3.43. The lowest BCUT2D eigenvalue weighted by Crippen LogP contribution is -2.16. The van der Waals surface area contributed by atoms with Gasteiger partial charge < -0.3 is 5.73 Å². The number of carbonyl (C=O) groups excluding carboxylic acids is 1. The van der Waals surface area contributed by atoms with Crippen LogP contribution in [0.3, 0.4) is 0 Å². The minimum absolute atomic E-state index is 0.153. The molecular formula is C11H10BrN5O. The Morgan fingerprint density at radius 1 is 1.39 bits per heavy atom. The molecule has 0 aliphatic heterocycles. The zero-order chi connectivity index (χ0) is 13.1. The van der Waals surface area contributed by atoms with Crippen molar-refractivity contribution in [3.63, 3.8) is 0 Å². The molecule has 1 heterocycles. The highest BCUT2D eigenvalue weighted by molar-refractivity contribution is 9.10. The number of nitrogen functional groups attached to an aromatic ring is 1. The number of halogens is 1. The zero-order valence-corrected chi connectivity index (χ0v) is 11.1. The Labute approximate surface area is 112 Å². The first-order valence-corrected chi connectivity index (χ1v) is 5.88. The molecule has 2 rings (SSSR count). The lowest BCUT2D eigenvalue weighted by Gasteiger charge is -2.09. The van der Waals surface area contributed by atoms with Crippen LogP contribution in [0.25, 0.3) is 0 Å². The van der Waals surface area contributed by atoms with Crippen molar-refractivity contribution in [1.29, 1.82) is 0 Å². The number of aromatic nitrogens is 3. The van der Waals surface area contributed by atoms with Crippen LogP contribution in [-0.2, 0) is 0 Å². The largest absolute Gasteiger partial charge is 0.398 e. The molecule has 0 fully saturated rings. The van der Waals surface area contributed by atoms with Crippen molar-refractivity contribution in [2.45, 2.75) is 6.92 Å². The van der Waals surface area contributed by atoms with Gasteiger partial charge in [-0.15, -0.1) is 5.10 Å². The fraction of sp³-hybridized carbons (Fsp3) is 0.0909. The summed E-state index contributed by atoms with van der Waals surface area (Å²) < 4.78 is 0.739. The number of amides is 1. The predicted octanol–water partition coefficient (Wildman–Crippen LogP) is 1.78. The summed E-state index contributed by atoms with van der Waals surface area (Å²) in [6.45, 7) is 1.78. The molecule has 0 radical (unpaired) electrons. The lowest BCUT2D eigenvalue weighted by molar-refractivity contribution is 0.102. The molecule has 0 atom stereocenters. The molecule has 6 nitrogen and oxygen atoms in total. The number of hydrogen-bond acceptors (Lipinski definition) is 5. The summed E-state index contributed by atoms with van der Waals surface area (Å²) in [5.41, 5.74) is 7.52. The number of nitrogens with zero attached hydrogens (tertiary/aromatic N) is 3. The molecule has 3 N–H and O–H groups in total. The summed E-state index contributed by atoms with van der Waals surface area (Å²) >= 11 is 3.30. The topological polar surface area (TPSA) is 93.8 Å². The van der Waals surface area contributed by atoms with Crippen LogP contribution in [0.15, 0.2) is 29.0 Å². The van der Waals surface area contributed by atoms with Gasteiger partial charge in [0.1, 0.15) is 0 Å². The summed E-state index contributed by atoms with van der Waals surface area (Å²) in [5.74, 6) is -0.172. The molecule has 18 heavy (non-hydrogen) atoms. The molecule has 92 valence electrons. The van der Waals surface area contributed by atoms with E-state index >= 15 is 0 Å². The minimum atomic E-state index is -0.325. The van der Waals surface area contributed by atoms with Crippen molar-refractivity contribution in [2.75, 3.05) is 11.1 Å². The van der Waals surface area contributed by atoms with Gasteiger partial charge in [-0.1, -0.05) is 15.9 Å². The average molecular weight is 308 g/mol. The molecule has 0 unspecified atom stereocenters. The molecular weight excluding hydrogens is 298 g/mol. The fourth-order valence-electron chi connectivity index (χ4n) is 1.41. The summed E-state index contributed by atoms with van der Waals surface area (Å²) in [6.07, 6.45) is 2.88. The second kappa shape index (κ2) is 5.09. The molecule has 0 aliphatic carbocycles. The Bertz CT molecular complexity index is 587. The first kappa shape index (κ1) is 12.4. The molecule has 1 aromatic heterocycles. The van der Waals surface area contributed by atoms with E-state index in [1.807, 2.05) is 0 Å². The molecule has 1 amide bonds. The van der Waals surface area contributed by atoms with E-state index in [1.165, 1.54) is 12.4 Å². The van der Waals surface area contributed by atoms with Crippen molar-refractivity contribution in [3.05, 3.63) is 40.1 Å². The molecule has 0 bridgehead atoms. The Hall–Kier alpha value is -2.02. The number of hydrogen-bond donors (Lipinski definition) is 2. The quantitative estimate of drug-likeness (QED) is 0.825. The number of rotatable bonds is 2. The Balaban J connectivity index is 2.30. The van der Waals surface area contributed by atoms with Gasteiger partial charge >= 0.3 is 0 Å². The molecule has 7 heteroatoms. The van der Waals surface area contributed by atoms with Crippen LogP contribution < -0.4 is 11.1 Å². The van der Waals surface area contributed by atoms with E-state index in [-0.39, 0.29) is 11.9 Å². The van der Waals surface area contributed by atoms with Crippen molar-refractivity contribution in [1.82, 2.24) is 15.2 Å². The maximum absolute atomic E-state index is 12.0. The van der Waals surface area contributed by atoms with E-state index in [0.29, 0.717) is 16.8 Å². The highest BCUT2D eigenvalue weighted by Gasteiger charge is 2.13. The summed E-state index contributed by atoms with van der Waals surface area (Å²) in [7, 11) is 0. The van der Waals surface area contributed by atoms with E-state index in [9.17, 15) is 4.79 Å². The Morgan fingerprint density at radius 3 is 2.83 bits per heavy atom. The van der Waals surface area contributed by atoms with Gasteiger partial charge in [-0.05, 0) is 24.6 Å². The van der Waals surface area contributed by atoms with Crippen molar-refractivity contribution in [3.8, 4) is 0 Å².